The number of carbonyl (C=O) groups excluding carboxylic acids is 2. The van der Waals surface area contributed by atoms with E-state index in [0.717, 1.165) is 63.2 Å². The van der Waals surface area contributed by atoms with Crippen LogP contribution < -0.4 is 15.2 Å². The molecule has 1 unspecified atom stereocenters. The molecule has 0 saturated carbocycles. The molecule has 0 bridgehead atoms. The molecule has 0 amide bonds. The molecular formula is C19H29BN2O6. The lowest BCUT2D eigenvalue weighted by Gasteiger charge is -2.35. The van der Waals surface area contributed by atoms with Crippen molar-refractivity contribution in [3.05, 3.63) is 23.8 Å². The topological polar surface area (TPSA) is 122 Å². The summed E-state index contributed by atoms with van der Waals surface area (Å²) < 4.78 is 10.8. The number of hydrogen-bond donors (Lipinski definition) is 3. The number of rotatable bonds is 8. The highest BCUT2D eigenvalue weighted by Crippen LogP contribution is 2.33. The molecule has 1 aromatic rings. The molecule has 0 aliphatic carbocycles. The first-order chi connectivity index (χ1) is 13.5. The number of nitrogens with zero attached hydrogens (tertiary/aromatic N) is 1. The first-order valence-electron chi connectivity index (χ1n) is 9.75. The minimum atomic E-state index is -1.18. The van der Waals surface area contributed by atoms with E-state index in [0.29, 0.717) is 19.0 Å². The molecule has 154 valence electrons. The summed E-state index contributed by atoms with van der Waals surface area (Å²) in [5.41, 5.74) is 7.61. The first-order valence-corrected chi connectivity index (χ1v) is 9.75. The molecule has 0 radical (unpaired) electrons. The van der Waals surface area contributed by atoms with Crippen molar-refractivity contribution in [3.8, 4) is 11.5 Å². The molecule has 28 heavy (non-hydrogen) atoms. The van der Waals surface area contributed by atoms with Crippen molar-refractivity contribution in [1.29, 1.82) is 0 Å². The van der Waals surface area contributed by atoms with Crippen LogP contribution in [-0.4, -0.2) is 54.1 Å². The van der Waals surface area contributed by atoms with Crippen LogP contribution in [0.5, 0.6) is 11.5 Å². The Bertz CT molecular complexity index is 631. The Kier molecular flexibility index (Phi) is 9.47. The standard InChI is InChI=1S/C18H29BN2O4.CO2/c20-16(3-1-2-8-19(22)23)15-6-9-21(10-7-15)12-14-4-5-17-18(11-14)25-13-24-17;2-1-3/h4-5,11,15-16,22-23H,1-3,6-10,12-13,20H2;. The van der Waals surface area contributed by atoms with E-state index in [1.54, 1.807) is 0 Å². The summed E-state index contributed by atoms with van der Waals surface area (Å²) in [4.78, 5) is 18.7. The fourth-order valence-electron chi connectivity index (χ4n) is 3.78. The Hall–Kier alpha value is -1.90. The Balaban J connectivity index is 0.000000878. The predicted octanol–water partition coefficient (Wildman–Crippen LogP) is 1.01. The normalized spacial score (nSPS) is 17.4. The number of fused-ring (bicyclic) bond motifs is 1. The van der Waals surface area contributed by atoms with E-state index < -0.39 is 7.12 Å². The molecule has 1 fully saturated rings. The van der Waals surface area contributed by atoms with E-state index in [1.165, 1.54) is 5.56 Å². The molecule has 9 heteroatoms. The van der Waals surface area contributed by atoms with E-state index in [1.807, 2.05) is 6.07 Å². The number of ether oxygens (including phenoxy) is 2. The highest BCUT2D eigenvalue weighted by Gasteiger charge is 2.24. The maximum absolute atomic E-state index is 8.87. The molecule has 3 rings (SSSR count). The Morgan fingerprint density at radius 1 is 1.18 bits per heavy atom. The third-order valence-corrected chi connectivity index (χ3v) is 5.33. The highest BCUT2D eigenvalue weighted by atomic mass is 16.7. The molecule has 0 aromatic heterocycles. The van der Waals surface area contributed by atoms with Gasteiger partial charge < -0.3 is 25.3 Å². The molecule has 2 heterocycles. The molecule has 1 aromatic carbocycles. The minimum Gasteiger partial charge on any atom is -0.454 e. The lowest BCUT2D eigenvalue weighted by Crippen LogP contribution is -2.40. The first kappa shape index (κ1) is 22.4. The van der Waals surface area contributed by atoms with E-state index in [9.17, 15) is 0 Å². The predicted molar refractivity (Wildman–Crippen MR) is 102 cm³/mol. The molecule has 2 aliphatic rings. The van der Waals surface area contributed by atoms with Gasteiger partial charge in [-0.15, -0.1) is 0 Å². The SMILES string of the molecule is NC(CCCCB(O)O)C1CCN(Cc2ccc3c(c2)OCO3)CC1.O=C=O. The van der Waals surface area contributed by atoms with Crippen molar-refractivity contribution in [2.24, 2.45) is 11.7 Å². The van der Waals surface area contributed by atoms with E-state index in [4.69, 9.17) is 34.8 Å². The summed E-state index contributed by atoms with van der Waals surface area (Å²) in [6, 6.07) is 6.41. The van der Waals surface area contributed by atoms with E-state index in [2.05, 4.69) is 17.0 Å². The smallest absolute Gasteiger partial charge is 0.451 e. The summed E-state index contributed by atoms with van der Waals surface area (Å²) in [6.07, 6.45) is 5.73. The van der Waals surface area contributed by atoms with Gasteiger partial charge in [-0.2, -0.15) is 9.59 Å². The van der Waals surface area contributed by atoms with Crippen LogP contribution in [0, 0.1) is 5.92 Å². The molecule has 4 N–H and O–H groups in total. The van der Waals surface area contributed by atoms with Gasteiger partial charge >= 0.3 is 13.3 Å². The molecule has 1 atom stereocenters. The van der Waals surface area contributed by atoms with Crippen LogP contribution in [0.3, 0.4) is 0 Å². The van der Waals surface area contributed by atoms with E-state index in [-0.39, 0.29) is 12.2 Å². The van der Waals surface area contributed by atoms with Gasteiger partial charge in [-0.05, 0) is 62.3 Å². The number of piperidine rings is 1. The van der Waals surface area contributed by atoms with Gasteiger partial charge in [0.05, 0.1) is 0 Å². The number of unbranched alkanes of at least 4 members (excludes halogenated alkanes) is 1. The van der Waals surface area contributed by atoms with Crippen molar-refractivity contribution in [2.45, 2.75) is 51.0 Å². The van der Waals surface area contributed by atoms with Gasteiger partial charge in [0.2, 0.25) is 6.79 Å². The number of benzene rings is 1. The Morgan fingerprint density at radius 3 is 2.54 bits per heavy atom. The van der Waals surface area contributed by atoms with Crippen molar-refractivity contribution < 1.29 is 29.1 Å². The van der Waals surface area contributed by atoms with Crippen molar-refractivity contribution >= 4 is 13.3 Å². The monoisotopic (exact) mass is 392 g/mol. The summed E-state index contributed by atoms with van der Waals surface area (Å²) >= 11 is 0. The van der Waals surface area contributed by atoms with Gasteiger partial charge in [0.25, 0.3) is 0 Å². The molecule has 8 nitrogen and oxygen atoms in total. The van der Waals surface area contributed by atoms with Crippen LogP contribution in [-0.2, 0) is 16.1 Å². The molecule has 2 aliphatic heterocycles. The molecule has 1 saturated heterocycles. The van der Waals surface area contributed by atoms with Crippen LogP contribution in [0.4, 0.5) is 0 Å². The molecular weight excluding hydrogens is 363 g/mol. The van der Waals surface area contributed by atoms with Crippen LogP contribution in [0.1, 0.15) is 37.7 Å². The summed E-state index contributed by atoms with van der Waals surface area (Å²) in [6.45, 7) is 3.40. The van der Waals surface area contributed by atoms with Gasteiger partial charge in [0, 0.05) is 12.6 Å². The number of nitrogens with two attached hydrogens (primary N) is 1. The Morgan fingerprint density at radius 2 is 1.86 bits per heavy atom. The Labute approximate surface area is 165 Å². The van der Waals surface area contributed by atoms with Crippen molar-refractivity contribution in [3.63, 3.8) is 0 Å². The fraction of sp³-hybridized carbons (Fsp3) is 0.632. The molecule has 0 spiro atoms. The zero-order valence-electron chi connectivity index (χ0n) is 16.1. The second-order valence-electron chi connectivity index (χ2n) is 7.31. The van der Waals surface area contributed by atoms with Crippen molar-refractivity contribution in [1.82, 2.24) is 4.90 Å². The number of hydrogen-bond acceptors (Lipinski definition) is 8. The summed E-state index contributed by atoms with van der Waals surface area (Å²) in [5.74, 6) is 2.26. The fourth-order valence-corrected chi connectivity index (χ4v) is 3.78. The van der Waals surface area contributed by atoms with Gasteiger partial charge in [-0.1, -0.05) is 18.9 Å². The van der Waals surface area contributed by atoms with E-state index >= 15 is 0 Å². The largest absolute Gasteiger partial charge is 0.454 e. The summed E-state index contributed by atoms with van der Waals surface area (Å²) in [5, 5.41) is 17.7. The van der Waals surface area contributed by atoms with Gasteiger partial charge in [-0.3, -0.25) is 4.90 Å². The minimum absolute atomic E-state index is 0.225. The zero-order chi connectivity index (χ0) is 20.4. The quantitative estimate of drug-likeness (QED) is 0.443. The third-order valence-electron chi connectivity index (χ3n) is 5.33. The maximum Gasteiger partial charge on any atom is 0.451 e. The average molecular weight is 392 g/mol. The van der Waals surface area contributed by atoms with Crippen LogP contribution in [0.2, 0.25) is 6.32 Å². The second-order valence-corrected chi connectivity index (χ2v) is 7.31. The third kappa shape index (κ3) is 7.26. The maximum atomic E-state index is 8.87. The van der Waals surface area contributed by atoms with Crippen LogP contribution in [0.15, 0.2) is 18.2 Å². The summed E-state index contributed by atoms with van der Waals surface area (Å²) in [7, 11) is -1.18. The van der Waals surface area contributed by atoms with Crippen LogP contribution in [0.25, 0.3) is 0 Å². The lowest BCUT2D eigenvalue weighted by atomic mass is 9.82. The lowest BCUT2D eigenvalue weighted by molar-refractivity contribution is -0.191. The van der Waals surface area contributed by atoms with Gasteiger partial charge in [0.15, 0.2) is 11.5 Å². The van der Waals surface area contributed by atoms with Crippen molar-refractivity contribution in [2.75, 3.05) is 19.9 Å². The highest BCUT2D eigenvalue weighted by molar-refractivity contribution is 6.40. The zero-order valence-corrected chi connectivity index (χ0v) is 16.1. The van der Waals surface area contributed by atoms with Gasteiger partial charge in [-0.25, -0.2) is 0 Å². The second kappa shape index (κ2) is 11.8. The average Bonchev–Trinajstić information content (AvgIpc) is 3.14. The number of likely N-dealkylation sites (tertiary alicyclic amines) is 1. The van der Waals surface area contributed by atoms with Crippen LogP contribution >= 0.6 is 0 Å². The van der Waals surface area contributed by atoms with Gasteiger partial charge in [0.1, 0.15) is 0 Å².